The van der Waals surface area contributed by atoms with E-state index in [-0.39, 0.29) is 157 Å². The van der Waals surface area contributed by atoms with Crippen LogP contribution in [0.25, 0.3) is 11.1 Å². The highest BCUT2D eigenvalue weighted by Gasteiger charge is 2.54. The van der Waals surface area contributed by atoms with E-state index in [1.54, 1.807) is 0 Å². The highest BCUT2D eigenvalue weighted by Crippen LogP contribution is 2.56. The first-order valence-electron chi connectivity index (χ1n) is 39.2. The summed E-state index contributed by atoms with van der Waals surface area (Å²) in [4.78, 5) is 63.6. The number of aliphatic hydroxyl groups is 1. The van der Waals surface area contributed by atoms with Gasteiger partial charge in [0, 0.05) is 11.1 Å². The number of hydrogen-bond acceptors (Lipinski definition) is 22. The SMILES string of the molecule is CCCCOc1cc(C(=O)O[C@@H]2[C@@H](OC(=O)c3cc(OCCCC)c(OCCCC)c(OCCCC)c3)[C@@H]3OC(=O)c4cc(OCCCC)c(OCCCC)c(OCCCC)c4-c4c(cc(OCCCC)c(OCCCC)c4OCCCC)C(=O)OCC3O[C@H]2O)cc(OCCCC)c1OCCCC. The number of cyclic esters (lactones) is 1. The maximum Gasteiger partial charge on any atom is 0.339 e. The van der Waals surface area contributed by atoms with E-state index < -0.39 is 61.2 Å². The molecular formula is C82H122O22. The van der Waals surface area contributed by atoms with Crippen molar-refractivity contribution < 1.29 is 105 Å². The zero-order chi connectivity index (χ0) is 75.0. The molecule has 1 unspecified atom stereocenters. The molecule has 582 valence electrons. The Balaban J connectivity index is 1.73. The Morgan fingerprint density at radius 2 is 0.606 bits per heavy atom. The van der Waals surface area contributed by atoms with Gasteiger partial charge in [-0.2, -0.15) is 0 Å². The number of hydrogen-bond donors (Lipinski definition) is 1. The predicted molar refractivity (Wildman–Crippen MR) is 398 cm³/mol. The van der Waals surface area contributed by atoms with E-state index in [9.17, 15) is 5.11 Å². The topological polar surface area (TPSA) is 245 Å². The minimum Gasteiger partial charge on any atom is -0.490 e. The average molecular weight is 1460 g/mol. The summed E-state index contributed by atoms with van der Waals surface area (Å²) in [6.45, 7) is 26.5. The highest BCUT2D eigenvalue weighted by atomic mass is 16.7. The Bertz CT molecular complexity index is 3160. The molecule has 0 amide bonds. The van der Waals surface area contributed by atoms with Crippen molar-refractivity contribution in [1.82, 2.24) is 0 Å². The average Bonchev–Trinajstić information content (AvgIpc) is 1.08. The summed E-state index contributed by atoms with van der Waals surface area (Å²) >= 11 is 0. The van der Waals surface area contributed by atoms with Crippen LogP contribution < -0.4 is 56.8 Å². The number of fused-ring (bicyclic) bond motifs is 4. The Labute approximate surface area is 618 Å². The lowest BCUT2D eigenvalue weighted by atomic mass is 9.91. The molecule has 0 aliphatic carbocycles. The molecule has 1 N–H and O–H groups in total. The standard InChI is InChI=1S/C82H122O22/c1-13-25-37-88-60-49-56(50-61(89-38-26-14-2)69(60)94-43-31-19-7)78(83)103-76-73-66(101-82(87)77(76)104-79(84)57-51-62(90-39-27-15-3)70(95-44-32-20-8)63(52-57)91-40-28-16-4)55-100-80(85)58-53-64(92-41-29-17-5)71(96-45-33-21-9)74(98-47-35-23-11)67(58)68-59(81(86)102-73)54-65(93-42-30-18-6)72(97-46-34-22-10)75(68)99-48-36-24-12/h49-54,66,73,76-77,82,87H,13-48,55H2,1-12H3/t66?,73-,76+,77-,82-/m1/s1. The molecule has 2 aliphatic heterocycles. The van der Waals surface area contributed by atoms with Crippen LogP contribution in [0.1, 0.15) is 279 Å². The molecule has 104 heavy (non-hydrogen) atoms. The van der Waals surface area contributed by atoms with E-state index >= 15 is 19.2 Å². The molecule has 1 saturated heterocycles. The van der Waals surface area contributed by atoms with Gasteiger partial charge in [0.2, 0.25) is 23.0 Å². The molecule has 6 rings (SSSR count). The summed E-state index contributed by atoms with van der Waals surface area (Å²) in [7, 11) is 0. The third-order valence-electron chi connectivity index (χ3n) is 17.3. The van der Waals surface area contributed by atoms with Gasteiger partial charge in [-0.3, -0.25) is 0 Å². The van der Waals surface area contributed by atoms with Crippen molar-refractivity contribution in [1.29, 1.82) is 0 Å². The van der Waals surface area contributed by atoms with Crippen molar-refractivity contribution in [2.24, 2.45) is 0 Å². The smallest absolute Gasteiger partial charge is 0.339 e. The molecule has 4 aromatic rings. The molecule has 4 aromatic carbocycles. The summed E-state index contributed by atoms with van der Waals surface area (Å²) in [6, 6.07) is 8.90. The predicted octanol–water partition coefficient (Wildman–Crippen LogP) is 18.4. The van der Waals surface area contributed by atoms with E-state index in [4.69, 9.17) is 80.5 Å². The zero-order valence-corrected chi connectivity index (χ0v) is 64.5. The van der Waals surface area contributed by atoms with Gasteiger partial charge in [0.15, 0.2) is 70.6 Å². The third-order valence-corrected chi connectivity index (χ3v) is 17.3. The summed E-state index contributed by atoms with van der Waals surface area (Å²) in [5.74, 6) is -2.03. The van der Waals surface area contributed by atoms with Crippen LogP contribution in [0, 0.1) is 0 Å². The Hall–Kier alpha value is -7.72. The number of carbonyl (C=O) groups excluding carboxylic acids is 4. The fourth-order valence-electron chi connectivity index (χ4n) is 11.0. The van der Waals surface area contributed by atoms with Crippen LogP contribution in [0.2, 0.25) is 0 Å². The summed E-state index contributed by atoms with van der Waals surface area (Å²) in [5, 5.41) is 12.7. The quantitative estimate of drug-likeness (QED) is 0.0245. The maximum absolute atomic E-state index is 16.6. The molecule has 0 aromatic heterocycles. The van der Waals surface area contributed by atoms with Crippen LogP contribution in [-0.4, -0.2) is 146 Å². The molecule has 0 saturated carbocycles. The maximum atomic E-state index is 16.6. The van der Waals surface area contributed by atoms with Crippen LogP contribution in [0.5, 0.6) is 69.0 Å². The van der Waals surface area contributed by atoms with Crippen LogP contribution in [0.4, 0.5) is 0 Å². The molecule has 5 atom stereocenters. The second kappa shape index (κ2) is 47.7. The minimum atomic E-state index is -2.17. The number of ether oxygens (including phenoxy) is 17. The number of carbonyl (C=O) groups is 4. The molecule has 2 aliphatic rings. The van der Waals surface area contributed by atoms with Gasteiger partial charge in [-0.05, 0) is 113 Å². The molecule has 1 fully saturated rings. The zero-order valence-electron chi connectivity index (χ0n) is 64.5. The number of rotatable bonds is 52. The fraction of sp³-hybridized carbons (Fsp3) is 0.659. The van der Waals surface area contributed by atoms with E-state index in [1.807, 2.05) is 83.1 Å². The van der Waals surface area contributed by atoms with E-state index in [1.165, 1.54) is 36.4 Å². The lowest BCUT2D eigenvalue weighted by Crippen LogP contribution is -2.62. The highest BCUT2D eigenvalue weighted by molar-refractivity contribution is 6.09. The minimum absolute atomic E-state index is 0.00503. The summed E-state index contributed by atoms with van der Waals surface area (Å²) < 4.78 is 112. The third kappa shape index (κ3) is 25.0. The normalized spacial score (nSPS) is 16.3. The molecule has 22 heteroatoms. The lowest BCUT2D eigenvalue weighted by Gasteiger charge is -2.42. The van der Waals surface area contributed by atoms with Gasteiger partial charge >= 0.3 is 23.9 Å². The van der Waals surface area contributed by atoms with Gasteiger partial charge in [-0.25, -0.2) is 19.2 Å². The van der Waals surface area contributed by atoms with Crippen molar-refractivity contribution in [2.75, 3.05) is 85.9 Å². The Morgan fingerprint density at radius 3 is 0.913 bits per heavy atom. The fourth-order valence-corrected chi connectivity index (χ4v) is 11.0. The Kier molecular flexibility index (Phi) is 39.1. The van der Waals surface area contributed by atoms with Gasteiger partial charge in [0.1, 0.15) is 12.7 Å². The van der Waals surface area contributed by atoms with E-state index in [2.05, 4.69) is 0 Å². The van der Waals surface area contributed by atoms with Crippen LogP contribution >= 0.6 is 0 Å². The van der Waals surface area contributed by atoms with Gasteiger partial charge < -0.3 is 85.6 Å². The van der Waals surface area contributed by atoms with Crippen LogP contribution in [0.3, 0.4) is 0 Å². The van der Waals surface area contributed by atoms with E-state index in [0.717, 1.165) is 77.0 Å². The first-order valence-corrected chi connectivity index (χ1v) is 39.2. The molecular weight excluding hydrogens is 1340 g/mol. The van der Waals surface area contributed by atoms with Crippen LogP contribution in [0.15, 0.2) is 36.4 Å². The van der Waals surface area contributed by atoms with Crippen molar-refractivity contribution in [3.63, 3.8) is 0 Å². The molecule has 2 heterocycles. The van der Waals surface area contributed by atoms with Crippen LogP contribution in [-0.2, 0) is 23.7 Å². The number of esters is 4. The number of aliphatic hydroxyl groups excluding tert-OH is 1. The monoisotopic (exact) mass is 1460 g/mol. The first kappa shape index (κ1) is 85.2. The largest absolute Gasteiger partial charge is 0.490 e. The van der Waals surface area contributed by atoms with Crippen molar-refractivity contribution in [3.8, 4) is 80.1 Å². The van der Waals surface area contributed by atoms with Gasteiger partial charge in [-0.1, -0.05) is 160 Å². The van der Waals surface area contributed by atoms with Crippen molar-refractivity contribution in [2.45, 2.75) is 268 Å². The van der Waals surface area contributed by atoms with Crippen molar-refractivity contribution in [3.05, 3.63) is 58.7 Å². The van der Waals surface area contributed by atoms with Gasteiger partial charge in [0.25, 0.3) is 0 Å². The molecule has 22 nitrogen and oxygen atoms in total. The van der Waals surface area contributed by atoms with Crippen molar-refractivity contribution >= 4 is 23.9 Å². The van der Waals surface area contributed by atoms with Gasteiger partial charge in [-0.15, -0.1) is 0 Å². The van der Waals surface area contributed by atoms with E-state index in [0.29, 0.717) is 102 Å². The number of benzene rings is 4. The second-order valence-electron chi connectivity index (χ2n) is 26.2. The van der Waals surface area contributed by atoms with Gasteiger partial charge in [0.05, 0.1) is 102 Å². The lowest BCUT2D eigenvalue weighted by molar-refractivity contribution is -0.284. The molecule has 0 radical (unpaired) electrons. The molecule has 0 spiro atoms. The second-order valence-corrected chi connectivity index (χ2v) is 26.2. The molecule has 0 bridgehead atoms. The Morgan fingerprint density at radius 1 is 0.346 bits per heavy atom. The first-order chi connectivity index (χ1) is 50.8. The number of unbranched alkanes of at least 4 members (excludes halogenated alkanes) is 12. The summed E-state index contributed by atoms with van der Waals surface area (Å²) in [5.41, 5.74) is -0.518. The summed E-state index contributed by atoms with van der Waals surface area (Å²) in [6.07, 6.45) is 7.53.